The fourth-order valence-corrected chi connectivity index (χ4v) is 5.74. The lowest BCUT2D eigenvalue weighted by Gasteiger charge is -2.09. The van der Waals surface area contributed by atoms with Crippen LogP contribution in [0.4, 0.5) is 5.69 Å². The summed E-state index contributed by atoms with van der Waals surface area (Å²) in [5, 5.41) is 3.48. The average molecular weight is 511 g/mol. The number of rotatable bonds is 8. The Morgan fingerprint density at radius 2 is 1.46 bits per heavy atom. The summed E-state index contributed by atoms with van der Waals surface area (Å²) in [5.74, 6) is 1.01. The van der Waals surface area contributed by atoms with Gasteiger partial charge in [0.05, 0.1) is 10.6 Å². The van der Waals surface area contributed by atoms with Crippen LogP contribution in [0.25, 0.3) is 10.9 Å². The number of aryl methyl sites for hydroxylation is 1. The third kappa shape index (κ3) is 5.73. The molecule has 1 amide bonds. The molecule has 4 aromatic carbocycles. The van der Waals surface area contributed by atoms with E-state index in [-0.39, 0.29) is 23.1 Å². The van der Waals surface area contributed by atoms with Crippen molar-refractivity contribution in [2.45, 2.75) is 24.1 Å². The monoisotopic (exact) mass is 510 g/mol. The van der Waals surface area contributed by atoms with Crippen molar-refractivity contribution in [2.24, 2.45) is 0 Å². The van der Waals surface area contributed by atoms with Crippen molar-refractivity contribution in [1.29, 1.82) is 0 Å². The fourth-order valence-electron chi connectivity index (χ4n) is 4.16. The van der Waals surface area contributed by atoms with Gasteiger partial charge in [0.2, 0.25) is 5.91 Å². The van der Waals surface area contributed by atoms with Gasteiger partial charge in [0.1, 0.15) is 18.0 Å². The third-order valence-corrected chi connectivity index (χ3v) is 7.70. The van der Waals surface area contributed by atoms with Gasteiger partial charge in [-0.25, -0.2) is 8.42 Å². The first-order valence-corrected chi connectivity index (χ1v) is 13.5. The zero-order valence-corrected chi connectivity index (χ0v) is 21.1. The fraction of sp³-hybridized carbons (Fsp3) is 0.100. The molecule has 0 atom stereocenters. The molecule has 1 aromatic heterocycles. The molecule has 0 saturated carbocycles. The number of anilines is 1. The van der Waals surface area contributed by atoms with Crippen LogP contribution >= 0.6 is 0 Å². The first kappa shape index (κ1) is 24.3. The van der Waals surface area contributed by atoms with Crippen molar-refractivity contribution in [3.63, 3.8) is 0 Å². The number of hydrogen-bond donors (Lipinski definition) is 1. The molecule has 0 radical (unpaired) electrons. The molecule has 0 bridgehead atoms. The predicted molar refractivity (Wildman–Crippen MR) is 146 cm³/mol. The molecule has 0 aliphatic heterocycles. The van der Waals surface area contributed by atoms with Crippen molar-refractivity contribution in [3.8, 4) is 11.5 Å². The number of fused-ring (bicyclic) bond motifs is 1. The molecule has 5 rings (SSSR count). The minimum atomic E-state index is -3.62. The minimum absolute atomic E-state index is 0.0250. The molecule has 1 heterocycles. The molecule has 0 unspecified atom stereocenters. The van der Waals surface area contributed by atoms with Gasteiger partial charge in [0.25, 0.3) is 0 Å². The molecule has 0 fully saturated rings. The highest BCUT2D eigenvalue weighted by molar-refractivity contribution is 7.90. The number of nitrogens with one attached hydrogen (secondary N) is 1. The maximum absolute atomic E-state index is 13.3. The standard InChI is InChI=1S/C30H26N2O4S/c1-22-11-13-23(14-12-22)21-37(34,35)29-19-32(28-10-6-5-9-27(28)29)20-30(33)31-24-15-17-26(18-16-24)36-25-7-3-2-4-8-25/h2-19H,20-21H2,1H3,(H,31,33). The Labute approximate surface area is 216 Å². The number of sulfone groups is 1. The smallest absolute Gasteiger partial charge is 0.244 e. The number of para-hydroxylation sites is 2. The van der Waals surface area contributed by atoms with Crippen LogP contribution < -0.4 is 10.1 Å². The summed E-state index contributed by atoms with van der Waals surface area (Å²) in [6, 6.07) is 31.2. The minimum Gasteiger partial charge on any atom is -0.457 e. The van der Waals surface area contributed by atoms with E-state index in [1.807, 2.05) is 73.7 Å². The summed E-state index contributed by atoms with van der Waals surface area (Å²) in [5.41, 5.74) is 3.10. The van der Waals surface area contributed by atoms with E-state index in [0.717, 1.165) is 16.9 Å². The van der Waals surface area contributed by atoms with E-state index in [9.17, 15) is 13.2 Å². The topological polar surface area (TPSA) is 77.4 Å². The Hall–Kier alpha value is -4.36. The number of ether oxygens (including phenoxy) is 1. The predicted octanol–water partition coefficient (Wildman–Crippen LogP) is 6.35. The number of aromatic nitrogens is 1. The second-order valence-corrected chi connectivity index (χ2v) is 10.8. The molecule has 0 aliphatic rings. The van der Waals surface area contributed by atoms with Crippen molar-refractivity contribution < 1.29 is 17.9 Å². The van der Waals surface area contributed by atoms with Gasteiger partial charge in [-0.1, -0.05) is 66.2 Å². The number of carbonyl (C=O) groups excluding carboxylic acids is 1. The summed E-state index contributed by atoms with van der Waals surface area (Å²) in [7, 11) is -3.62. The van der Waals surface area contributed by atoms with E-state index >= 15 is 0 Å². The molecule has 0 aliphatic carbocycles. The quantitative estimate of drug-likeness (QED) is 0.264. The largest absolute Gasteiger partial charge is 0.457 e. The normalized spacial score (nSPS) is 11.4. The summed E-state index contributed by atoms with van der Waals surface area (Å²) >= 11 is 0. The van der Waals surface area contributed by atoms with Gasteiger partial charge in [-0.15, -0.1) is 0 Å². The highest BCUT2D eigenvalue weighted by Gasteiger charge is 2.22. The Balaban J connectivity index is 1.32. The lowest BCUT2D eigenvalue weighted by Crippen LogP contribution is -2.18. The Kier molecular flexibility index (Phi) is 6.79. The van der Waals surface area contributed by atoms with Crippen LogP contribution in [0.1, 0.15) is 11.1 Å². The second-order valence-electron chi connectivity index (χ2n) is 8.87. The molecule has 0 spiro atoms. The molecule has 0 saturated heterocycles. The maximum atomic E-state index is 13.3. The van der Waals surface area contributed by atoms with Crippen LogP contribution in [0.5, 0.6) is 11.5 Å². The highest BCUT2D eigenvalue weighted by Crippen LogP contribution is 2.28. The Bertz CT molecular complexity index is 1640. The number of hydrogen-bond acceptors (Lipinski definition) is 4. The molecule has 1 N–H and O–H groups in total. The van der Waals surface area contributed by atoms with E-state index < -0.39 is 9.84 Å². The van der Waals surface area contributed by atoms with Crippen LogP contribution in [-0.4, -0.2) is 18.9 Å². The number of amides is 1. The number of nitrogens with zero attached hydrogens (tertiary/aromatic N) is 1. The molecule has 186 valence electrons. The molecule has 5 aromatic rings. The highest BCUT2D eigenvalue weighted by atomic mass is 32.2. The number of carbonyl (C=O) groups is 1. The second kappa shape index (κ2) is 10.3. The lowest BCUT2D eigenvalue weighted by atomic mass is 10.2. The van der Waals surface area contributed by atoms with Crippen LogP contribution in [-0.2, 0) is 26.9 Å². The first-order chi connectivity index (χ1) is 17.9. The lowest BCUT2D eigenvalue weighted by molar-refractivity contribution is -0.116. The average Bonchev–Trinajstić information content (AvgIpc) is 3.26. The molecular formula is C30H26N2O4S. The van der Waals surface area contributed by atoms with Gasteiger partial charge >= 0.3 is 0 Å². The van der Waals surface area contributed by atoms with E-state index in [4.69, 9.17) is 4.74 Å². The molecule has 37 heavy (non-hydrogen) atoms. The van der Waals surface area contributed by atoms with Gasteiger partial charge in [0, 0.05) is 22.8 Å². The summed E-state index contributed by atoms with van der Waals surface area (Å²) in [6.07, 6.45) is 1.56. The van der Waals surface area contributed by atoms with Crippen molar-refractivity contribution in [2.75, 3.05) is 5.32 Å². The van der Waals surface area contributed by atoms with E-state index in [0.29, 0.717) is 22.3 Å². The van der Waals surface area contributed by atoms with Gasteiger partial charge < -0.3 is 14.6 Å². The SMILES string of the molecule is Cc1ccc(CS(=O)(=O)c2cn(CC(=O)Nc3ccc(Oc4ccccc4)cc3)c3ccccc23)cc1. The van der Waals surface area contributed by atoms with Crippen molar-refractivity contribution in [1.82, 2.24) is 4.57 Å². The summed E-state index contributed by atoms with van der Waals surface area (Å²) in [4.78, 5) is 13.1. The van der Waals surface area contributed by atoms with Crippen LogP contribution in [0.15, 0.2) is 114 Å². The Morgan fingerprint density at radius 1 is 0.811 bits per heavy atom. The molecule has 6 nitrogen and oxygen atoms in total. The zero-order valence-electron chi connectivity index (χ0n) is 20.3. The van der Waals surface area contributed by atoms with Crippen LogP contribution in [0, 0.1) is 6.92 Å². The third-order valence-electron chi connectivity index (χ3n) is 6.00. The van der Waals surface area contributed by atoms with Gasteiger partial charge in [0.15, 0.2) is 9.84 Å². The van der Waals surface area contributed by atoms with Crippen LogP contribution in [0.3, 0.4) is 0 Å². The summed E-state index contributed by atoms with van der Waals surface area (Å²) < 4.78 is 34.1. The Morgan fingerprint density at radius 3 is 2.19 bits per heavy atom. The first-order valence-electron chi connectivity index (χ1n) is 11.9. The van der Waals surface area contributed by atoms with Gasteiger partial charge in [-0.3, -0.25) is 4.79 Å². The van der Waals surface area contributed by atoms with E-state index in [1.165, 1.54) is 0 Å². The maximum Gasteiger partial charge on any atom is 0.244 e. The molecular weight excluding hydrogens is 484 g/mol. The van der Waals surface area contributed by atoms with Gasteiger partial charge in [-0.05, 0) is 55.0 Å². The van der Waals surface area contributed by atoms with E-state index in [1.54, 1.807) is 47.2 Å². The van der Waals surface area contributed by atoms with Crippen LogP contribution in [0.2, 0.25) is 0 Å². The van der Waals surface area contributed by atoms with Gasteiger partial charge in [-0.2, -0.15) is 0 Å². The van der Waals surface area contributed by atoms with Crippen molar-refractivity contribution in [3.05, 3.63) is 120 Å². The molecule has 7 heteroatoms. The van der Waals surface area contributed by atoms with Crippen molar-refractivity contribution >= 4 is 32.3 Å². The van der Waals surface area contributed by atoms with E-state index in [2.05, 4.69) is 5.32 Å². The summed E-state index contributed by atoms with van der Waals surface area (Å²) in [6.45, 7) is 1.94. The number of benzene rings is 4. The zero-order chi connectivity index (χ0) is 25.8.